The maximum absolute atomic E-state index is 6.82. The van der Waals surface area contributed by atoms with Crippen molar-refractivity contribution in [2.75, 3.05) is 14.7 Å². The van der Waals surface area contributed by atoms with Crippen LogP contribution in [0.3, 0.4) is 0 Å². The second-order valence-electron chi connectivity index (χ2n) is 20.8. The molecule has 11 aromatic rings. The molecule has 13 rings (SSSR count). The summed E-state index contributed by atoms with van der Waals surface area (Å²) in [5.74, 6) is 3.53. The molecular weight excluding hydrogens is 1120 g/mol. The average molecular weight is 1170 g/mol. The summed E-state index contributed by atoms with van der Waals surface area (Å²) in [7, 11) is 0. The Morgan fingerprint density at radius 1 is 0.513 bits per heavy atom. The minimum absolute atomic E-state index is 0. The Morgan fingerprint density at radius 2 is 1.11 bits per heavy atom. The molecule has 9 nitrogen and oxygen atoms in total. The molecule has 0 N–H and O–H groups in total. The zero-order valence-electron chi connectivity index (χ0n) is 43.5. The first kappa shape index (κ1) is 48.5. The molecule has 8 aromatic carbocycles. The summed E-state index contributed by atoms with van der Waals surface area (Å²) in [6.45, 7) is 19.4. The van der Waals surface area contributed by atoms with Crippen molar-refractivity contribution in [3.63, 3.8) is 0 Å². The number of fused-ring (bicyclic) bond motifs is 9. The van der Waals surface area contributed by atoms with Crippen LogP contribution < -0.4 is 19.4 Å². The Kier molecular flexibility index (Phi) is 12.0. The third-order valence-electron chi connectivity index (χ3n) is 14.6. The van der Waals surface area contributed by atoms with Crippen molar-refractivity contribution in [3.05, 3.63) is 222 Å². The van der Waals surface area contributed by atoms with Gasteiger partial charge >= 0.3 is 0 Å². The van der Waals surface area contributed by atoms with Gasteiger partial charge in [-0.2, -0.15) is 27.1 Å². The summed E-state index contributed by atoms with van der Waals surface area (Å²) in [6, 6.07) is 64.5. The molecule has 0 aliphatic carbocycles. The van der Waals surface area contributed by atoms with Gasteiger partial charge in [-0.3, -0.25) is 4.57 Å². The van der Waals surface area contributed by atoms with Crippen molar-refractivity contribution >= 4 is 62.0 Å². The summed E-state index contributed by atoms with van der Waals surface area (Å²) in [5.41, 5.74) is 18.8. The summed E-state index contributed by atoms with van der Waals surface area (Å²) in [4.78, 5) is 27.6. The van der Waals surface area contributed by atoms with E-state index in [1.807, 2.05) is 43.2 Å². The molecule has 5 heterocycles. The van der Waals surface area contributed by atoms with E-state index in [1.54, 1.807) is 0 Å². The molecule has 0 bridgehead atoms. The average Bonchev–Trinajstić information content (AvgIpc) is 4.12. The van der Waals surface area contributed by atoms with Crippen LogP contribution in [-0.2, 0) is 26.5 Å². The molecule has 0 spiro atoms. The first-order chi connectivity index (χ1) is 36.4. The van der Waals surface area contributed by atoms with E-state index in [2.05, 4.69) is 220 Å². The predicted molar refractivity (Wildman–Crippen MR) is 305 cm³/mol. The molecule has 376 valence electrons. The van der Waals surface area contributed by atoms with Crippen LogP contribution in [0.15, 0.2) is 170 Å². The number of rotatable bonds is 7. The number of para-hydroxylation sites is 5. The van der Waals surface area contributed by atoms with Gasteiger partial charge in [-0.05, 0) is 104 Å². The van der Waals surface area contributed by atoms with Gasteiger partial charge in [0.2, 0.25) is 11.9 Å². The summed E-state index contributed by atoms with van der Waals surface area (Å²) >= 11 is 0. The standard InChI is InChI=1S/C66H53N8O.Pt/c1-40-34-43(4)60(44(5)35-40)63-68-64(70-65(69-63)74-61-41(2)18-15-25-53(61)54-26-16-19-42(3)62(54)74)72-39-71(56-28-13-14-29-57(56)72)46-20-17-21-47(37-46)75-48-30-31-52-50-23-10-9-22-49(50)51-24-11-12-27-55(51)73(58(52)38-48)59-36-45(32-33-67-59)66(6,7)8;/h9-36,39H,1-8H3;/q-3;. The normalized spacial score (nSPS) is 12.8. The number of hydrogen-bond acceptors (Lipinski definition) is 8. The molecule has 0 atom stereocenters. The van der Waals surface area contributed by atoms with E-state index in [0.29, 0.717) is 29.2 Å². The van der Waals surface area contributed by atoms with E-state index >= 15 is 0 Å². The molecule has 2 aliphatic heterocycles. The van der Waals surface area contributed by atoms with Crippen molar-refractivity contribution in [2.24, 2.45) is 0 Å². The quantitative estimate of drug-likeness (QED) is 0.146. The fourth-order valence-electron chi connectivity index (χ4n) is 11.2. The van der Waals surface area contributed by atoms with E-state index in [-0.39, 0.29) is 26.5 Å². The van der Waals surface area contributed by atoms with Crippen LogP contribution >= 0.6 is 0 Å². The molecule has 0 amide bonds. The van der Waals surface area contributed by atoms with E-state index in [0.717, 1.165) is 106 Å². The first-order valence-corrected chi connectivity index (χ1v) is 25.5. The topological polar surface area (TPSA) is 75.4 Å². The molecule has 0 radical (unpaired) electrons. The van der Waals surface area contributed by atoms with E-state index in [4.69, 9.17) is 24.7 Å². The van der Waals surface area contributed by atoms with Crippen LogP contribution in [-0.4, -0.2) is 24.5 Å². The van der Waals surface area contributed by atoms with Crippen LogP contribution in [0.2, 0.25) is 0 Å². The van der Waals surface area contributed by atoms with Gasteiger partial charge in [-0.15, -0.1) is 48.3 Å². The van der Waals surface area contributed by atoms with Gasteiger partial charge in [0.15, 0.2) is 5.82 Å². The SMILES string of the molecule is Cc1cc(C)c(-c2nc(N3[CH-]N(c4[c-]c(Oc5[c-]c6c(cc5)-c5ccccc5-c5ccccc5N6c5cc(C(C)(C)C)ccn5)ccc4)c4ccccc43)nc(-n3c4c(C)cccc4c4cccc(C)c43)n2)c(C)c1.[Pt]. The molecule has 76 heavy (non-hydrogen) atoms. The van der Waals surface area contributed by atoms with E-state index < -0.39 is 0 Å². The number of hydrogen-bond donors (Lipinski definition) is 0. The first-order valence-electron chi connectivity index (χ1n) is 25.5. The third-order valence-corrected chi connectivity index (χ3v) is 14.6. The molecule has 0 fully saturated rings. The Hall–Kier alpha value is -8.39. The zero-order chi connectivity index (χ0) is 51.3. The Morgan fingerprint density at radius 3 is 1.79 bits per heavy atom. The fourth-order valence-corrected chi connectivity index (χ4v) is 11.2. The Bertz CT molecular complexity index is 4040. The van der Waals surface area contributed by atoms with Gasteiger partial charge in [-0.1, -0.05) is 141 Å². The largest absolute Gasteiger partial charge is 0.509 e. The molecular formula is C66H53N8OPt-3. The monoisotopic (exact) mass is 1170 g/mol. The Labute approximate surface area is 458 Å². The summed E-state index contributed by atoms with van der Waals surface area (Å²) < 4.78 is 9.05. The van der Waals surface area contributed by atoms with Crippen LogP contribution in [0.4, 0.5) is 40.2 Å². The van der Waals surface area contributed by atoms with Crippen LogP contribution in [0.1, 0.15) is 54.2 Å². The van der Waals surface area contributed by atoms with Crippen molar-refractivity contribution in [1.82, 2.24) is 24.5 Å². The fraction of sp³-hybridized carbons (Fsp3) is 0.136. The minimum atomic E-state index is -0.0859. The van der Waals surface area contributed by atoms with Gasteiger partial charge in [0.05, 0.1) is 16.7 Å². The number of ether oxygens (including phenoxy) is 1. The number of nitrogens with zero attached hydrogens (tertiary/aromatic N) is 8. The molecule has 10 heteroatoms. The number of anilines is 7. The van der Waals surface area contributed by atoms with Crippen molar-refractivity contribution in [3.8, 4) is 51.1 Å². The van der Waals surface area contributed by atoms with E-state index in [9.17, 15) is 0 Å². The summed E-state index contributed by atoms with van der Waals surface area (Å²) in [5, 5.41) is 2.31. The van der Waals surface area contributed by atoms with Gasteiger partial charge in [-0.25, -0.2) is 4.98 Å². The molecule has 2 aliphatic rings. The predicted octanol–water partition coefficient (Wildman–Crippen LogP) is 16.8. The second kappa shape index (κ2) is 18.8. The molecule has 0 saturated carbocycles. The Balaban J connectivity index is 0.00000582. The van der Waals surface area contributed by atoms with E-state index in [1.165, 1.54) is 11.1 Å². The van der Waals surface area contributed by atoms with Crippen LogP contribution in [0.25, 0.3) is 61.4 Å². The van der Waals surface area contributed by atoms with Crippen molar-refractivity contribution in [2.45, 2.75) is 60.8 Å². The molecule has 3 aromatic heterocycles. The van der Waals surface area contributed by atoms with Gasteiger partial charge in [0, 0.05) is 72.0 Å². The van der Waals surface area contributed by atoms with Crippen LogP contribution in [0.5, 0.6) is 11.5 Å². The van der Waals surface area contributed by atoms with Crippen molar-refractivity contribution in [1.29, 1.82) is 0 Å². The van der Waals surface area contributed by atoms with Crippen LogP contribution in [0, 0.1) is 53.4 Å². The summed E-state index contributed by atoms with van der Waals surface area (Å²) in [6.07, 6.45) is 1.91. The maximum Gasteiger partial charge on any atom is 0.239 e. The van der Waals surface area contributed by atoms with Crippen molar-refractivity contribution < 1.29 is 25.8 Å². The van der Waals surface area contributed by atoms with Gasteiger partial charge in [0.1, 0.15) is 5.82 Å². The number of benzene rings is 8. The minimum Gasteiger partial charge on any atom is -0.509 e. The van der Waals surface area contributed by atoms with Gasteiger partial charge < -0.3 is 19.4 Å². The third kappa shape index (κ3) is 8.12. The molecule has 0 unspecified atom stereocenters. The second-order valence-corrected chi connectivity index (χ2v) is 20.8. The zero-order valence-corrected chi connectivity index (χ0v) is 45.8. The maximum atomic E-state index is 6.82. The molecule has 0 saturated heterocycles. The number of pyridine rings is 1. The number of aryl methyl sites for hydroxylation is 5. The number of aromatic nitrogens is 5. The smallest absolute Gasteiger partial charge is 0.239 e. The van der Waals surface area contributed by atoms with Gasteiger partial charge in [0.25, 0.3) is 0 Å².